The van der Waals surface area contributed by atoms with Crippen molar-refractivity contribution in [3.05, 3.63) is 114 Å². The van der Waals surface area contributed by atoms with E-state index in [0.29, 0.717) is 0 Å². The van der Waals surface area contributed by atoms with E-state index in [2.05, 4.69) is 130 Å². The highest BCUT2D eigenvalue weighted by atomic mass is 79.9. The largest absolute Gasteiger partial charge is 0.309 e. The summed E-state index contributed by atoms with van der Waals surface area (Å²) < 4.78 is 6.15. The van der Waals surface area contributed by atoms with Gasteiger partial charge in [-0.2, -0.15) is 0 Å². The van der Waals surface area contributed by atoms with Crippen molar-refractivity contribution >= 4 is 69.2 Å². The maximum absolute atomic E-state index is 3.57. The Bertz CT molecular complexity index is 1820. The number of para-hydroxylation sites is 1. The molecule has 5 aromatic carbocycles. The van der Waals surface area contributed by atoms with Crippen molar-refractivity contribution in [1.29, 1.82) is 0 Å². The first-order valence-electron chi connectivity index (χ1n) is 11.0. The number of benzene rings is 5. The van der Waals surface area contributed by atoms with E-state index in [1.807, 2.05) is 11.3 Å². The lowest BCUT2D eigenvalue weighted by molar-refractivity contribution is 1.18. The van der Waals surface area contributed by atoms with E-state index in [0.717, 1.165) is 4.47 Å². The van der Waals surface area contributed by atoms with Crippen molar-refractivity contribution in [3.8, 4) is 16.8 Å². The smallest absolute Gasteiger partial charge is 0.0541 e. The molecule has 0 saturated carbocycles. The topological polar surface area (TPSA) is 4.93 Å². The van der Waals surface area contributed by atoms with Gasteiger partial charge in [0.1, 0.15) is 0 Å². The minimum absolute atomic E-state index is 1.09. The third-order valence-electron chi connectivity index (χ3n) is 6.47. The molecule has 0 N–H and O–H groups in total. The number of fused-ring (bicyclic) bond motifs is 6. The van der Waals surface area contributed by atoms with Gasteiger partial charge in [0.2, 0.25) is 0 Å². The van der Waals surface area contributed by atoms with Crippen LogP contribution in [0.3, 0.4) is 0 Å². The summed E-state index contributed by atoms with van der Waals surface area (Å²) >= 11 is 5.45. The fourth-order valence-electron chi connectivity index (χ4n) is 4.98. The van der Waals surface area contributed by atoms with E-state index in [4.69, 9.17) is 0 Å². The first-order chi connectivity index (χ1) is 16.3. The zero-order valence-electron chi connectivity index (χ0n) is 17.6. The van der Waals surface area contributed by atoms with Crippen LogP contribution in [0.5, 0.6) is 0 Å². The van der Waals surface area contributed by atoms with Gasteiger partial charge in [-0.1, -0.05) is 76.6 Å². The molecule has 7 aromatic rings. The molecule has 0 radical (unpaired) electrons. The lowest BCUT2D eigenvalue weighted by Gasteiger charge is -2.09. The molecule has 0 saturated heterocycles. The van der Waals surface area contributed by atoms with Crippen molar-refractivity contribution in [3.63, 3.8) is 0 Å². The van der Waals surface area contributed by atoms with Crippen LogP contribution < -0.4 is 0 Å². The molecule has 2 aromatic heterocycles. The minimum Gasteiger partial charge on any atom is -0.309 e. The zero-order valence-corrected chi connectivity index (χ0v) is 20.0. The molecule has 0 atom stereocenters. The normalized spacial score (nSPS) is 11.8. The number of hydrogen-bond donors (Lipinski definition) is 0. The van der Waals surface area contributed by atoms with Crippen LogP contribution in [0.25, 0.3) is 58.8 Å². The van der Waals surface area contributed by atoms with E-state index in [9.17, 15) is 0 Å². The predicted octanol–water partition coefficient (Wildman–Crippen LogP) is 9.58. The lowest BCUT2D eigenvalue weighted by atomic mass is 10.0. The molecule has 0 unspecified atom stereocenters. The van der Waals surface area contributed by atoms with Crippen molar-refractivity contribution < 1.29 is 0 Å². The van der Waals surface area contributed by atoms with Crippen LogP contribution >= 0.6 is 27.3 Å². The zero-order chi connectivity index (χ0) is 21.9. The minimum atomic E-state index is 1.09. The lowest BCUT2D eigenvalue weighted by Crippen LogP contribution is -1.93. The number of halogens is 1. The average molecular weight is 504 g/mol. The van der Waals surface area contributed by atoms with Gasteiger partial charge in [-0.05, 0) is 59.7 Å². The highest BCUT2D eigenvalue weighted by Crippen LogP contribution is 2.41. The first-order valence-corrected chi connectivity index (χ1v) is 12.6. The Hall–Kier alpha value is -3.40. The molecule has 0 spiro atoms. The SMILES string of the molecule is Brc1ccc(-n2c3ccccc3c3cc(-c4cccc5c4sc4ccccc45)ccc32)cc1. The number of aromatic nitrogens is 1. The maximum atomic E-state index is 3.57. The molecule has 0 amide bonds. The van der Waals surface area contributed by atoms with Crippen LogP contribution in [0.4, 0.5) is 0 Å². The molecule has 33 heavy (non-hydrogen) atoms. The summed E-state index contributed by atoms with van der Waals surface area (Å²) in [4.78, 5) is 0. The van der Waals surface area contributed by atoms with Gasteiger partial charge in [-0.25, -0.2) is 0 Å². The van der Waals surface area contributed by atoms with Crippen LogP contribution in [0.15, 0.2) is 114 Å². The van der Waals surface area contributed by atoms with Crippen molar-refractivity contribution in [1.82, 2.24) is 4.57 Å². The first kappa shape index (κ1) is 19.1. The van der Waals surface area contributed by atoms with Gasteiger partial charge >= 0.3 is 0 Å². The Labute approximate surface area is 203 Å². The van der Waals surface area contributed by atoms with Crippen LogP contribution in [-0.2, 0) is 0 Å². The van der Waals surface area contributed by atoms with Gasteiger partial charge < -0.3 is 4.57 Å². The van der Waals surface area contributed by atoms with Crippen LogP contribution in [-0.4, -0.2) is 4.57 Å². The molecule has 156 valence electrons. The quantitative estimate of drug-likeness (QED) is 0.221. The second kappa shape index (κ2) is 7.31. The Balaban J connectivity index is 1.52. The van der Waals surface area contributed by atoms with Crippen molar-refractivity contribution in [2.75, 3.05) is 0 Å². The molecule has 7 rings (SSSR count). The number of thiophene rings is 1. The molecule has 0 aliphatic rings. The number of rotatable bonds is 2. The van der Waals surface area contributed by atoms with E-state index in [-0.39, 0.29) is 0 Å². The standard InChI is InChI=1S/C30H18BrNS/c31-20-13-15-21(16-14-20)32-27-10-3-1-6-23(27)26-18-19(12-17-28(26)32)22-8-5-9-25-24-7-2-4-11-29(24)33-30(22)25/h1-18H. The van der Waals surface area contributed by atoms with Gasteiger partial charge in [-0.3, -0.25) is 0 Å². The van der Waals surface area contributed by atoms with Crippen LogP contribution in [0.1, 0.15) is 0 Å². The van der Waals surface area contributed by atoms with E-state index in [1.54, 1.807) is 0 Å². The Morgan fingerprint density at radius 3 is 2.18 bits per heavy atom. The average Bonchev–Trinajstić information content (AvgIpc) is 3.40. The summed E-state index contributed by atoms with van der Waals surface area (Å²) in [7, 11) is 0. The second-order valence-electron chi connectivity index (χ2n) is 8.34. The second-order valence-corrected chi connectivity index (χ2v) is 10.3. The number of hydrogen-bond acceptors (Lipinski definition) is 1. The molecule has 1 nitrogen and oxygen atoms in total. The molecule has 2 heterocycles. The van der Waals surface area contributed by atoms with E-state index >= 15 is 0 Å². The van der Waals surface area contributed by atoms with Crippen LogP contribution in [0, 0.1) is 0 Å². The summed E-state index contributed by atoms with van der Waals surface area (Å²) in [5.41, 5.74) is 6.19. The van der Waals surface area contributed by atoms with Gasteiger partial charge in [-0.15, -0.1) is 11.3 Å². The van der Waals surface area contributed by atoms with Gasteiger partial charge in [0.15, 0.2) is 0 Å². The summed E-state index contributed by atoms with van der Waals surface area (Å²) in [5.74, 6) is 0. The molecule has 0 fully saturated rings. The van der Waals surface area contributed by atoms with E-state index < -0.39 is 0 Å². The molecular weight excluding hydrogens is 486 g/mol. The predicted molar refractivity (Wildman–Crippen MR) is 147 cm³/mol. The Morgan fingerprint density at radius 1 is 0.576 bits per heavy atom. The van der Waals surface area contributed by atoms with Crippen LogP contribution in [0.2, 0.25) is 0 Å². The van der Waals surface area contributed by atoms with Crippen molar-refractivity contribution in [2.45, 2.75) is 0 Å². The third kappa shape index (κ3) is 2.90. The van der Waals surface area contributed by atoms with Gasteiger partial charge in [0.25, 0.3) is 0 Å². The Morgan fingerprint density at radius 2 is 1.30 bits per heavy atom. The summed E-state index contributed by atoms with van der Waals surface area (Å²) in [6.07, 6.45) is 0. The Kier molecular flexibility index (Phi) is 4.23. The molecular formula is C30H18BrNS. The van der Waals surface area contributed by atoms with Gasteiger partial charge in [0.05, 0.1) is 11.0 Å². The summed E-state index contributed by atoms with van der Waals surface area (Å²) in [5, 5.41) is 5.24. The molecule has 0 aliphatic carbocycles. The van der Waals surface area contributed by atoms with Gasteiger partial charge in [0, 0.05) is 41.1 Å². The summed E-state index contributed by atoms with van der Waals surface area (Å²) in [6, 6.07) is 39.6. The summed E-state index contributed by atoms with van der Waals surface area (Å²) in [6.45, 7) is 0. The van der Waals surface area contributed by atoms with Crippen molar-refractivity contribution in [2.24, 2.45) is 0 Å². The highest BCUT2D eigenvalue weighted by Gasteiger charge is 2.15. The fourth-order valence-corrected chi connectivity index (χ4v) is 6.49. The third-order valence-corrected chi connectivity index (χ3v) is 8.22. The maximum Gasteiger partial charge on any atom is 0.0541 e. The molecule has 0 bridgehead atoms. The van der Waals surface area contributed by atoms with E-state index in [1.165, 1.54) is 58.8 Å². The highest BCUT2D eigenvalue weighted by molar-refractivity contribution is 9.10. The monoisotopic (exact) mass is 503 g/mol. The number of nitrogens with zero attached hydrogens (tertiary/aromatic N) is 1. The molecule has 3 heteroatoms. The molecule has 0 aliphatic heterocycles. The fraction of sp³-hybridized carbons (Fsp3) is 0.